The van der Waals surface area contributed by atoms with Crippen LogP contribution in [-0.4, -0.2) is 32.3 Å². The van der Waals surface area contributed by atoms with Crippen molar-refractivity contribution in [2.45, 2.75) is 106 Å². The molecule has 1 atom stereocenters. The average Bonchev–Trinajstić information content (AvgIpc) is 2.60. The second-order valence-corrected chi connectivity index (χ2v) is 14.0. The number of phenolic OH excluding ortho intramolecular Hbond substituents is 1. The summed E-state index contributed by atoms with van der Waals surface area (Å²) in [5.74, 6) is -0.00663. The van der Waals surface area contributed by atoms with E-state index in [4.69, 9.17) is 9.47 Å². The topological polar surface area (TPSA) is 93.1 Å². The monoisotopic (exact) mass is 500 g/mol. The van der Waals surface area contributed by atoms with E-state index < -0.39 is 15.0 Å². The van der Waals surface area contributed by atoms with Gasteiger partial charge in [0.2, 0.25) is 0 Å². The molecule has 0 spiro atoms. The van der Waals surface area contributed by atoms with Crippen molar-refractivity contribution < 1.29 is 27.6 Å². The van der Waals surface area contributed by atoms with Crippen LogP contribution >= 0.6 is 0 Å². The van der Waals surface area contributed by atoms with E-state index in [1.165, 1.54) is 14.2 Å². The summed E-state index contributed by atoms with van der Waals surface area (Å²) in [5.41, 5.74) is 0.117. The Balaban J connectivity index is 4.33. The van der Waals surface area contributed by atoms with Crippen molar-refractivity contribution in [1.29, 1.82) is 0 Å². The van der Waals surface area contributed by atoms with E-state index in [0.717, 1.165) is 12.8 Å². The molecule has 1 unspecified atom stereocenters. The number of hydrogen-bond donors (Lipinski definition) is 2. The van der Waals surface area contributed by atoms with E-state index in [1.807, 2.05) is 6.92 Å². The Morgan fingerprint density at radius 1 is 0.912 bits per heavy atom. The van der Waals surface area contributed by atoms with Crippen LogP contribution in [0.3, 0.4) is 0 Å². The molecule has 34 heavy (non-hydrogen) atoms. The maximum absolute atomic E-state index is 12.7. The van der Waals surface area contributed by atoms with Gasteiger partial charge in [-0.2, -0.15) is 8.42 Å². The smallest absolute Gasteiger partial charge is 0.301 e. The van der Waals surface area contributed by atoms with E-state index in [-0.39, 0.29) is 39.4 Å². The van der Waals surface area contributed by atoms with Gasteiger partial charge in [-0.05, 0) is 41.4 Å². The van der Waals surface area contributed by atoms with Crippen molar-refractivity contribution in [3.8, 4) is 17.2 Å². The SMILES string of the molecule is CCCc1c(O)c(C(C(C)(C)CC(C)C)C(C)(C)CC(C)(C)C)c(OC)c(S(=O)(=O)O)c1OC. The maximum atomic E-state index is 12.7. The van der Waals surface area contributed by atoms with Crippen LogP contribution in [0.2, 0.25) is 0 Å². The van der Waals surface area contributed by atoms with Gasteiger partial charge < -0.3 is 14.6 Å². The highest BCUT2D eigenvalue weighted by Gasteiger charge is 2.48. The minimum atomic E-state index is -4.71. The van der Waals surface area contributed by atoms with Gasteiger partial charge in [-0.25, -0.2) is 0 Å². The molecule has 198 valence electrons. The van der Waals surface area contributed by atoms with E-state index in [0.29, 0.717) is 29.9 Å². The Morgan fingerprint density at radius 3 is 1.76 bits per heavy atom. The molecule has 0 aliphatic rings. The molecule has 0 saturated carbocycles. The number of ether oxygens (including phenoxy) is 2. The van der Waals surface area contributed by atoms with Crippen molar-refractivity contribution >= 4 is 10.1 Å². The molecule has 0 aliphatic heterocycles. The van der Waals surface area contributed by atoms with E-state index in [9.17, 15) is 18.1 Å². The lowest BCUT2D eigenvalue weighted by atomic mass is 9.56. The molecule has 0 heterocycles. The maximum Gasteiger partial charge on any atom is 0.301 e. The first-order valence-corrected chi connectivity index (χ1v) is 13.7. The van der Waals surface area contributed by atoms with Gasteiger partial charge in [0.05, 0.1) is 14.2 Å². The molecule has 0 saturated heterocycles. The molecule has 1 aromatic carbocycles. The van der Waals surface area contributed by atoms with Gasteiger partial charge in [-0.1, -0.05) is 75.7 Å². The summed E-state index contributed by atoms with van der Waals surface area (Å²) in [4.78, 5) is -0.411. The average molecular weight is 501 g/mol. The number of rotatable bonds is 11. The van der Waals surface area contributed by atoms with E-state index >= 15 is 0 Å². The number of phenols is 1. The van der Waals surface area contributed by atoms with Crippen molar-refractivity contribution in [2.24, 2.45) is 22.2 Å². The minimum absolute atomic E-state index is 0.00762. The Hall–Kier alpha value is -1.47. The van der Waals surface area contributed by atoms with Gasteiger partial charge in [0, 0.05) is 17.0 Å². The highest BCUT2D eigenvalue weighted by atomic mass is 32.2. The number of aromatic hydroxyl groups is 1. The first-order valence-electron chi connectivity index (χ1n) is 12.2. The van der Waals surface area contributed by atoms with Crippen LogP contribution in [0.1, 0.15) is 106 Å². The van der Waals surface area contributed by atoms with Crippen LogP contribution in [0, 0.1) is 22.2 Å². The lowest BCUT2D eigenvalue weighted by Crippen LogP contribution is -2.38. The summed E-state index contributed by atoms with van der Waals surface area (Å²) in [6.07, 6.45) is 2.73. The van der Waals surface area contributed by atoms with Gasteiger partial charge in [-0.3, -0.25) is 4.55 Å². The number of methoxy groups -OCH3 is 2. The van der Waals surface area contributed by atoms with Crippen molar-refractivity contribution in [3.05, 3.63) is 11.1 Å². The summed E-state index contributed by atoms with van der Waals surface area (Å²) in [6, 6.07) is 0. The van der Waals surface area contributed by atoms with Gasteiger partial charge in [0.15, 0.2) is 16.4 Å². The second kappa shape index (κ2) is 10.7. The predicted molar refractivity (Wildman–Crippen MR) is 139 cm³/mol. The fraction of sp³-hybridized carbons (Fsp3) is 0.778. The number of hydrogen-bond acceptors (Lipinski definition) is 5. The molecule has 0 bridgehead atoms. The third-order valence-corrected chi connectivity index (χ3v) is 7.30. The lowest BCUT2D eigenvalue weighted by Gasteiger charge is -2.49. The van der Waals surface area contributed by atoms with E-state index in [2.05, 4.69) is 62.3 Å². The van der Waals surface area contributed by atoms with Crippen LogP contribution in [0.15, 0.2) is 4.90 Å². The summed E-state index contributed by atoms with van der Waals surface area (Å²) < 4.78 is 46.7. The molecule has 0 radical (unpaired) electrons. The molecule has 1 rings (SSSR count). The molecular weight excluding hydrogens is 452 g/mol. The van der Waals surface area contributed by atoms with Crippen molar-refractivity contribution in [3.63, 3.8) is 0 Å². The zero-order valence-corrected chi connectivity index (χ0v) is 24.2. The third kappa shape index (κ3) is 6.81. The standard InChI is InChI=1S/C27H48O6S/c1-13-14-18-20(28)19(22(33-12)23(21(18)32-11)34(29,30)31)24(26(7,8)15-17(2)3)27(9,10)16-25(4,5)6/h17,24,28H,13-16H2,1-12H3,(H,29,30,31). The van der Waals surface area contributed by atoms with Crippen LogP contribution < -0.4 is 9.47 Å². The Labute approximate surface area is 208 Å². The van der Waals surface area contributed by atoms with Crippen LogP contribution in [0.5, 0.6) is 17.2 Å². The highest BCUT2D eigenvalue weighted by molar-refractivity contribution is 7.86. The molecule has 0 fully saturated rings. The Morgan fingerprint density at radius 2 is 1.41 bits per heavy atom. The zero-order valence-electron chi connectivity index (χ0n) is 23.4. The molecule has 0 amide bonds. The summed E-state index contributed by atoms with van der Waals surface area (Å²) in [6.45, 7) is 21.5. The van der Waals surface area contributed by atoms with Crippen LogP contribution in [-0.2, 0) is 16.5 Å². The molecule has 7 heteroatoms. The van der Waals surface area contributed by atoms with Gasteiger partial charge >= 0.3 is 10.1 Å². The molecular formula is C27H48O6S. The highest BCUT2D eigenvalue weighted by Crippen LogP contribution is 2.61. The fourth-order valence-electron chi connectivity index (χ4n) is 6.62. The van der Waals surface area contributed by atoms with Crippen molar-refractivity contribution in [2.75, 3.05) is 14.2 Å². The second-order valence-electron chi connectivity index (χ2n) is 12.6. The largest absolute Gasteiger partial charge is 0.507 e. The summed E-state index contributed by atoms with van der Waals surface area (Å²) in [5, 5.41) is 11.7. The Bertz CT molecular complexity index is 953. The van der Waals surface area contributed by atoms with Gasteiger partial charge in [-0.15, -0.1) is 0 Å². The van der Waals surface area contributed by atoms with Crippen molar-refractivity contribution in [1.82, 2.24) is 0 Å². The zero-order chi connectivity index (χ0) is 26.9. The fourth-order valence-corrected chi connectivity index (χ4v) is 7.49. The van der Waals surface area contributed by atoms with Gasteiger partial charge in [0.1, 0.15) is 5.75 Å². The van der Waals surface area contributed by atoms with E-state index in [1.54, 1.807) is 0 Å². The van der Waals surface area contributed by atoms with Gasteiger partial charge in [0.25, 0.3) is 0 Å². The first-order chi connectivity index (χ1) is 15.2. The Kier molecular flexibility index (Phi) is 9.57. The number of benzene rings is 1. The van der Waals surface area contributed by atoms with Crippen LogP contribution in [0.4, 0.5) is 0 Å². The molecule has 1 aromatic rings. The first kappa shape index (κ1) is 30.6. The quantitative estimate of drug-likeness (QED) is 0.311. The molecule has 2 N–H and O–H groups in total. The summed E-state index contributed by atoms with van der Waals surface area (Å²) in [7, 11) is -2.00. The molecule has 0 aromatic heterocycles. The summed E-state index contributed by atoms with van der Waals surface area (Å²) >= 11 is 0. The van der Waals surface area contributed by atoms with Crippen LogP contribution in [0.25, 0.3) is 0 Å². The predicted octanol–water partition coefficient (Wildman–Crippen LogP) is 7.23. The lowest BCUT2D eigenvalue weighted by molar-refractivity contribution is 0.0750. The normalized spacial score (nSPS) is 14.4. The molecule has 6 nitrogen and oxygen atoms in total. The third-order valence-electron chi connectivity index (χ3n) is 6.41. The minimum Gasteiger partial charge on any atom is -0.507 e. The molecule has 0 aliphatic carbocycles.